The van der Waals surface area contributed by atoms with E-state index >= 15 is 0 Å². The van der Waals surface area contributed by atoms with Crippen LogP contribution in [0.3, 0.4) is 0 Å². The summed E-state index contributed by atoms with van der Waals surface area (Å²) in [6.07, 6.45) is 7.94. The Morgan fingerprint density at radius 3 is 1.29 bits per heavy atom. The molecule has 27 heteroatoms. The predicted octanol–water partition coefficient (Wildman–Crippen LogP) is 10.9. The summed E-state index contributed by atoms with van der Waals surface area (Å²) >= 11 is 8.98. The number of carbonyl (C=O) groups excluding carboxylic acids is 13. The molecule has 0 spiro atoms. The molecule has 4 aliphatic heterocycles. The number of aliphatic hydroxyl groups excluding tert-OH is 1. The summed E-state index contributed by atoms with van der Waals surface area (Å²) in [5.74, 6) is -6.40. The zero-order chi connectivity index (χ0) is 78.6. The van der Waals surface area contributed by atoms with Gasteiger partial charge in [0.1, 0.15) is 29.2 Å². The number of aliphatic hydroxyl groups is 1. The van der Waals surface area contributed by atoms with Gasteiger partial charge in [-0.3, -0.25) is 56.9 Å². The molecule has 2 aliphatic carbocycles. The van der Waals surface area contributed by atoms with Gasteiger partial charge < -0.3 is 48.2 Å². The maximum absolute atomic E-state index is 14.2. The number of nitrogens with zero attached hydrogens (tertiary/aromatic N) is 3. The van der Waals surface area contributed by atoms with Crippen molar-refractivity contribution in [3.63, 3.8) is 0 Å². The number of hydrogen-bond donors (Lipinski definition) is 1. The van der Waals surface area contributed by atoms with E-state index in [1.807, 2.05) is 0 Å². The molecular weight excluding hydrogens is 1420 g/mol. The molecule has 24 nitrogen and oxygen atoms in total. The smallest absolute Gasteiger partial charge is 0.338 e. The van der Waals surface area contributed by atoms with Gasteiger partial charge in [-0.25, -0.2) is 9.59 Å². The summed E-state index contributed by atoms with van der Waals surface area (Å²) in [4.78, 5) is 171. The Hall–Kier alpha value is -6.80. The molecule has 105 heavy (non-hydrogen) atoms. The number of benzene rings is 2. The van der Waals surface area contributed by atoms with Gasteiger partial charge in [0.25, 0.3) is 0 Å². The van der Waals surface area contributed by atoms with Crippen molar-refractivity contribution in [3.05, 3.63) is 71.8 Å². The van der Waals surface area contributed by atoms with E-state index in [-0.39, 0.29) is 112 Å². The van der Waals surface area contributed by atoms with Crippen LogP contribution in [-0.2, 0) is 92.0 Å². The van der Waals surface area contributed by atoms with Crippen LogP contribution in [0.25, 0.3) is 0 Å². The number of rotatable bonds is 16. The summed E-state index contributed by atoms with van der Waals surface area (Å²) in [6.45, 7) is 24.4. The van der Waals surface area contributed by atoms with E-state index in [4.69, 9.17) is 28.4 Å². The highest BCUT2D eigenvalue weighted by Gasteiger charge is 2.64. The highest BCUT2D eigenvalue weighted by Crippen LogP contribution is 2.60. The van der Waals surface area contributed by atoms with Crippen molar-refractivity contribution in [2.45, 2.75) is 246 Å². The highest BCUT2D eigenvalue weighted by molar-refractivity contribution is 7.83. The molecule has 4 saturated heterocycles. The zero-order valence-corrected chi connectivity index (χ0v) is 66.0. The summed E-state index contributed by atoms with van der Waals surface area (Å²) in [7, 11) is -0.611. The summed E-state index contributed by atoms with van der Waals surface area (Å²) < 4.78 is 42.9. The predicted molar refractivity (Wildman–Crippen MR) is 395 cm³/mol. The third-order valence-electron chi connectivity index (χ3n) is 19.2. The van der Waals surface area contributed by atoms with E-state index < -0.39 is 121 Å². The molecule has 11 atom stereocenters. The summed E-state index contributed by atoms with van der Waals surface area (Å²) in [5, 5.41) is 8.45. The first-order valence-corrected chi connectivity index (χ1v) is 39.6. The molecule has 4 heterocycles. The number of amides is 2. The Morgan fingerprint density at radius 2 is 0.924 bits per heavy atom. The molecule has 1 N–H and O–H groups in total. The van der Waals surface area contributed by atoms with Crippen molar-refractivity contribution in [1.29, 1.82) is 0 Å². The Labute approximate surface area is 631 Å². The SMILES string of the molecule is CCN(CC)CC.CCOC(=O)[C@]12CC(=O)[C@@H]3C[C@H](OC(=O)c4ccccc4)CN3C(=O)[C@@H](CC(=O)OC(C)(C)C)CCCCCC(=O)C[C@@H]1C2.CCOC(=O)[C@]12CC(=O)[C@@H]3C[C@H](OC(=O)c4ccccc4)CN3C(=O)[C@@H](CC(=O)OC(C)(C)C)CCCCC[C@H](O)C[C@@H]1C2.CS(C)=O.O=C(Cl)C(=O)Cl. The largest absolute Gasteiger partial charge is 0.466 e. The van der Waals surface area contributed by atoms with E-state index in [1.54, 1.807) is 129 Å². The van der Waals surface area contributed by atoms with E-state index in [0.717, 1.165) is 12.8 Å². The molecule has 0 unspecified atom stereocenters. The fraction of sp³-hybridized carbons (Fsp3) is 0.679. The Kier molecular flexibility index (Phi) is 37.3. The molecule has 8 rings (SSSR count). The quantitative estimate of drug-likeness (QED) is 0.0706. The Balaban J connectivity index is 0.000000363. The van der Waals surface area contributed by atoms with Crippen molar-refractivity contribution in [2.24, 2.45) is 34.5 Å². The van der Waals surface area contributed by atoms with Gasteiger partial charge in [0.15, 0.2) is 11.6 Å². The minimum atomic E-state index is -1.14. The van der Waals surface area contributed by atoms with Gasteiger partial charge in [0.2, 0.25) is 11.8 Å². The number of ether oxygens (including phenoxy) is 6. The average Bonchev–Trinajstić information content (AvgIpc) is 1.58. The van der Waals surface area contributed by atoms with E-state index in [9.17, 15) is 71.6 Å². The first-order valence-electron chi connectivity index (χ1n) is 36.9. The highest BCUT2D eigenvalue weighted by atomic mass is 35.5. The van der Waals surface area contributed by atoms with Crippen LogP contribution in [0.15, 0.2) is 60.7 Å². The Bertz CT molecular complexity index is 3280. The van der Waals surface area contributed by atoms with Crippen LogP contribution in [0.5, 0.6) is 0 Å². The lowest BCUT2D eigenvalue weighted by atomic mass is 9.90. The van der Waals surface area contributed by atoms with E-state index in [0.29, 0.717) is 81.8 Å². The van der Waals surface area contributed by atoms with Crippen LogP contribution in [0.4, 0.5) is 0 Å². The van der Waals surface area contributed by atoms with Crippen molar-refractivity contribution in [2.75, 3.05) is 58.4 Å². The number of Topliss-reactive ketones (excluding diaryl/α,β-unsaturated/α-hetero) is 3. The number of esters is 6. The zero-order valence-electron chi connectivity index (χ0n) is 63.7. The number of fused-ring (bicyclic) bond motifs is 4. The van der Waals surface area contributed by atoms with Gasteiger partial charge in [-0.1, -0.05) is 89.3 Å². The molecule has 0 aromatic heterocycles. The lowest BCUT2D eigenvalue weighted by Crippen LogP contribution is -2.45. The third-order valence-corrected chi connectivity index (χ3v) is 19.6. The van der Waals surface area contributed by atoms with Gasteiger partial charge in [-0.05, 0) is 179 Å². The molecule has 6 fully saturated rings. The van der Waals surface area contributed by atoms with E-state index in [2.05, 4.69) is 48.9 Å². The first kappa shape index (κ1) is 90.6. The van der Waals surface area contributed by atoms with Crippen LogP contribution in [0.2, 0.25) is 0 Å². The molecule has 6 aliphatic rings. The second-order valence-corrected chi connectivity index (χ2v) is 32.0. The van der Waals surface area contributed by atoms with Gasteiger partial charge in [0, 0.05) is 73.7 Å². The van der Waals surface area contributed by atoms with Crippen LogP contribution in [0, 0.1) is 34.5 Å². The number of carbonyl (C=O) groups is 13. The monoisotopic (exact) mass is 1530 g/mol. The molecular formula is C78H113Cl2N3O21S. The first-order chi connectivity index (χ1) is 49.4. The average molecular weight is 1530 g/mol. The van der Waals surface area contributed by atoms with Gasteiger partial charge in [0.05, 0.1) is 79.3 Å². The fourth-order valence-electron chi connectivity index (χ4n) is 13.9. The van der Waals surface area contributed by atoms with Gasteiger partial charge in [-0.2, -0.15) is 0 Å². The van der Waals surface area contributed by atoms with Gasteiger partial charge >= 0.3 is 46.3 Å². The molecule has 2 aromatic carbocycles. The maximum atomic E-state index is 14.2. The number of hydrogen-bond acceptors (Lipinski definition) is 22. The second kappa shape index (κ2) is 43.3. The summed E-state index contributed by atoms with van der Waals surface area (Å²) in [6, 6.07) is 15.1. The molecule has 2 saturated carbocycles. The normalized spacial score (nSPS) is 25.8. The standard InChI is InChI=1S/C34H47NO9.C34H45NO9.C6H15N.C2Cl2O2.C2H6OS/c2*1-5-42-32(41)34-19-24(34)17-25(36)15-11-7-10-14-23(16-29(38)44-33(2,3)4)30(39)35-21-26(18-27(35)28(37)20-34)43-31(40)22-12-8-6-9-13-22;1-4-7(5-2)6-3;3-1(5)2(4)6;1-4(2)3/h6,8-9,12-13,23-27,36H,5,7,10-11,14-21H2,1-4H3;6,8-9,12-13,23-24,26-27H,5,7,10-11,14-21H2,1-4H3;4-6H2,1-3H3;;1-2H3/t23-,24-,25+,26+,27+,34-;23-,24-,26+,27+,34-;;;/m11.../s1. The Morgan fingerprint density at radius 1 is 0.552 bits per heavy atom. The molecule has 586 valence electrons. The second-order valence-electron chi connectivity index (χ2n) is 29.9. The minimum absolute atomic E-state index is 0.00699. The molecule has 0 bridgehead atoms. The van der Waals surface area contributed by atoms with E-state index in [1.165, 1.54) is 29.4 Å². The lowest BCUT2D eigenvalue weighted by Gasteiger charge is -2.29. The van der Waals surface area contributed by atoms with Crippen molar-refractivity contribution >= 4 is 109 Å². The van der Waals surface area contributed by atoms with Gasteiger partial charge in [-0.15, -0.1) is 0 Å². The number of halogens is 2. The topological polar surface area (TPSA) is 324 Å². The third kappa shape index (κ3) is 30.1. The minimum Gasteiger partial charge on any atom is -0.466 e. The lowest BCUT2D eigenvalue weighted by molar-refractivity contribution is -0.159. The molecule has 0 radical (unpaired) electrons. The maximum Gasteiger partial charge on any atom is 0.338 e. The molecule has 2 amide bonds. The van der Waals surface area contributed by atoms with Crippen molar-refractivity contribution in [3.8, 4) is 0 Å². The van der Waals surface area contributed by atoms with Crippen LogP contribution in [-0.4, -0.2) is 200 Å². The van der Waals surface area contributed by atoms with Crippen molar-refractivity contribution in [1.82, 2.24) is 14.7 Å². The van der Waals surface area contributed by atoms with Crippen LogP contribution in [0.1, 0.15) is 225 Å². The summed E-state index contributed by atoms with van der Waals surface area (Å²) in [5.41, 5.74) is -2.89. The molecule has 2 aromatic rings. The number of ketones is 3. The fourth-order valence-corrected chi connectivity index (χ4v) is 13.9. The van der Waals surface area contributed by atoms with Crippen LogP contribution < -0.4 is 0 Å². The van der Waals surface area contributed by atoms with Crippen LogP contribution >= 0.6 is 23.2 Å². The van der Waals surface area contributed by atoms with Crippen molar-refractivity contribution < 1.29 is 100 Å².